The van der Waals surface area contributed by atoms with Crippen LogP contribution >= 0.6 is 15.9 Å². The highest BCUT2D eigenvalue weighted by Crippen LogP contribution is 2.30. The van der Waals surface area contributed by atoms with E-state index in [1.807, 2.05) is 6.07 Å². The van der Waals surface area contributed by atoms with Crippen LogP contribution in [0.5, 0.6) is 5.75 Å². The minimum Gasteiger partial charge on any atom is -0.489 e. The Kier molecular flexibility index (Phi) is 4.62. The maximum Gasteiger partial charge on any atom is 0.133 e. The third kappa shape index (κ3) is 3.24. The number of hydrogen-bond acceptors (Lipinski definition) is 3. The van der Waals surface area contributed by atoms with Crippen molar-refractivity contribution in [2.45, 2.75) is 37.9 Å². The van der Waals surface area contributed by atoms with Gasteiger partial charge in [-0.25, -0.2) is 0 Å². The van der Waals surface area contributed by atoms with Gasteiger partial charge in [0, 0.05) is 13.5 Å². The Balaban J connectivity index is 2.03. The SMILES string of the molecule is COC1CCCC(Oc2ccc(C#N)cc2Br)C1. The fourth-order valence-electron chi connectivity index (χ4n) is 2.27. The molecule has 0 saturated heterocycles. The van der Waals surface area contributed by atoms with Crippen LogP contribution < -0.4 is 4.74 Å². The molecule has 1 fully saturated rings. The molecule has 1 aliphatic rings. The number of ether oxygens (including phenoxy) is 2. The van der Waals surface area contributed by atoms with Crippen molar-refractivity contribution in [3.8, 4) is 11.8 Å². The summed E-state index contributed by atoms with van der Waals surface area (Å²) < 4.78 is 12.2. The zero-order valence-electron chi connectivity index (χ0n) is 10.4. The van der Waals surface area contributed by atoms with Gasteiger partial charge in [-0.1, -0.05) is 0 Å². The summed E-state index contributed by atoms with van der Waals surface area (Å²) >= 11 is 3.44. The van der Waals surface area contributed by atoms with Crippen molar-refractivity contribution < 1.29 is 9.47 Å². The molecule has 4 heteroatoms. The molecule has 0 amide bonds. The molecule has 0 aliphatic heterocycles. The van der Waals surface area contributed by atoms with Crippen molar-refractivity contribution in [2.24, 2.45) is 0 Å². The van der Waals surface area contributed by atoms with E-state index < -0.39 is 0 Å². The van der Waals surface area contributed by atoms with E-state index in [4.69, 9.17) is 14.7 Å². The molecule has 0 radical (unpaired) electrons. The molecule has 1 aromatic rings. The fraction of sp³-hybridized carbons (Fsp3) is 0.500. The summed E-state index contributed by atoms with van der Waals surface area (Å²) in [7, 11) is 1.75. The van der Waals surface area contributed by atoms with Gasteiger partial charge < -0.3 is 9.47 Å². The third-order valence-corrected chi connectivity index (χ3v) is 3.89. The number of nitrogens with zero attached hydrogens (tertiary/aromatic N) is 1. The van der Waals surface area contributed by atoms with E-state index in [9.17, 15) is 0 Å². The smallest absolute Gasteiger partial charge is 0.133 e. The zero-order valence-corrected chi connectivity index (χ0v) is 11.9. The predicted molar refractivity (Wildman–Crippen MR) is 72.5 cm³/mol. The maximum absolute atomic E-state index is 8.81. The van der Waals surface area contributed by atoms with E-state index in [0.29, 0.717) is 11.7 Å². The molecule has 0 heterocycles. The molecule has 1 aromatic carbocycles. The predicted octanol–water partition coefficient (Wildman–Crippen LogP) is 3.66. The Labute approximate surface area is 116 Å². The lowest BCUT2D eigenvalue weighted by atomic mass is 9.95. The summed E-state index contributed by atoms with van der Waals surface area (Å²) in [4.78, 5) is 0. The van der Waals surface area contributed by atoms with Gasteiger partial charge >= 0.3 is 0 Å². The van der Waals surface area contributed by atoms with Gasteiger partial charge in [0.15, 0.2) is 0 Å². The first-order valence-corrected chi connectivity index (χ1v) is 6.91. The number of rotatable bonds is 3. The van der Waals surface area contributed by atoms with Crippen LogP contribution in [0.3, 0.4) is 0 Å². The summed E-state index contributed by atoms with van der Waals surface area (Å²) in [6, 6.07) is 7.51. The Morgan fingerprint density at radius 3 is 2.78 bits per heavy atom. The molecule has 0 N–H and O–H groups in total. The minimum absolute atomic E-state index is 0.202. The Hall–Kier alpha value is -1.05. The van der Waals surface area contributed by atoms with Gasteiger partial charge in [0.25, 0.3) is 0 Å². The van der Waals surface area contributed by atoms with Gasteiger partial charge in [-0.05, 0) is 53.4 Å². The Bertz CT molecular complexity index is 456. The maximum atomic E-state index is 8.81. The van der Waals surface area contributed by atoms with Gasteiger partial charge in [0.05, 0.1) is 22.2 Å². The monoisotopic (exact) mass is 309 g/mol. The van der Waals surface area contributed by atoms with E-state index in [1.165, 1.54) is 0 Å². The lowest BCUT2D eigenvalue weighted by Gasteiger charge is -2.29. The molecular formula is C14H16BrNO2. The number of halogens is 1. The highest BCUT2D eigenvalue weighted by molar-refractivity contribution is 9.10. The third-order valence-electron chi connectivity index (χ3n) is 3.27. The number of methoxy groups -OCH3 is 1. The number of nitriles is 1. The molecule has 0 spiro atoms. The van der Waals surface area contributed by atoms with Crippen LogP contribution in [-0.2, 0) is 4.74 Å². The molecule has 2 unspecified atom stereocenters. The second-order valence-electron chi connectivity index (χ2n) is 4.52. The van der Waals surface area contributed by atoms with Gasteiger partial charge in [0.2, 0.25) is 0 Å². The second kappa shape index (κ2) is 6.21. The average molecular weight is 310 g/mol. The summed E-state index contributed by atoms with van der Waals surface area (Å²) in [5.41, 5.74) is 0.632. The normalized spacial score (nSPS) is 23.4. The molecule has 0 aromatic heterocycles. The molecule has 1 saturated carbocycles. The van der Waals surface area contributed by atoms with Gasteiger partial charge in [-0.15, -0.1) is 0 Å². The Morgan fingerprint density at radius 1 is 1.33 bits per heavy atom. The fourth-order valence-corrected chi connectivity index (χ4v) is 2.74. The topological polar surface area (TPSA) is 42.2 Å². The highest BCUT2D eigenvalue weighted by Gasteiger charge is 2.23. The van der Waals surface area contributed by atoms with E-state index in [-0.39, 0.29) is 6.10 Å². The van der Waals surface area contributed by atoms with E-state index >= 15 is 0 Å². The van der Waals surface area contributed by atoms with Crippen molar-refractivity contribution >= 4 is 15.9 Å². The lowest BCUT2D eigenvalue weighted by molar-refractivity contribution is 0.0207. The van der Waals surface area contributed by atoms with Gasteiger partial charge in [0.1, 0.15) is 11.9 Å². The molecule has 1 aliphatic carbocycles. The van der Waals surface area contributed by atoms with Gasteiger partial charge in [-0.3, -0.25) is 0 Å². The quantitative estimate of drug-likeness (QED) is 0.855. The van der Waals surface area contributed by atoms with Crippen LogP contribution in [-0.4, -0.2) is 19.3 Å². The molecule has 2 rings (SSSR count). The van der Waals surface area contributed by atoms with Crippen LogP contribution in [0.15, 0.2) is 22.7 Å². The highest BCUT2D eigenvalue weighted by atomic mass is 79.9. The van der Waals surface area contributed by atoms with Crippen LogP contribution in [0.1, 0.15) is 31.2 Å². The molecule has 0 bridgehead atoms. The zero-order chi connectivity index (χ0) is 13.0. The first kappa shape index (κ1) is 13.4. The molecule has 2 atom stereocenters. The standard InChI is InChI=1S/C14H16BrNO2/c1-17-11-3-2-4-12(8-11)18-14-6-5-10(9-16)7-13(14)15/h5-7,11-12H,2-4,8H2,1H3. The van der Waals surface area contributed by atoms with E-state index in [2.05, 4.69) is 22.0 Å². The van der Waals surface area contributed by atoms with E-state index in [1.54, 1.807) is 19.2 Å². The van der Waals surface area contributed by atoms with Crippen molar-refractivity contribution in [1.29, 1.82) is 5.26 Å². The minimum atomic E-state index is 0.202. The lowest BCUT2D eigenvalue weighted by Crippen LogP contribution is -2.29. The van der Waals surface area contributed by atoms with Crippen LogP contribution in [0.4, 0.5) is 0 Å². The summed E-state index contributed by atoms with van der Waals surface area (Å²) in [5.74, 6) is 0.802. The summed E-state index contributed by atoms with van der Waals surface area (Å²) in [6.07, 6.45) is 4.76. The van der Waals surface area contributed by atoms with Crippen LogP contribution in [0.25, 0.3) is 0 Å². The summed E-state index contributed by atoms with van der Waals surface area (Å²) in [6.45, 7) is 0. The second-order valence-corrected chi connectivity index (χ2v) is 5.38. The average Bonchev–Trinajstić information content (AvgIpc) is 2.41. The first-order valence-electron chi connectivity index (χ1n) is 6.12. The molecule has 3 nitrogen and oxygen atoms in total. The van der Waals surface area contributed by atoms with Crippen LogP contribution in [0, 0.1) is 11.3 Å². The molecule has 96 valence electrons. The van der Waals surface area contributed by atoms with Gasteiger partial charge in [-0.2, -0.15) is 5.26 Å². The van der Waals surface area contributed by atoms with Crippen molar-refractivity contribution in [3.05, 3.63) is 28.2 Å². The molecule has 18 heavy (non-hydrogen) atoms. The number of benzene rings is 1. The van der Waals surface area contributed by atoms with Crippen molar-refractivity contribution in [3.63, 3.8) is 0 Å². The number of hydrogen-bond donors (Lipinski definition) is 0. The molecular weight excluding hydrogens is 294 g/mol. The van der Waals surface area contributed by atoms with Crippen LogP contribution in [0.2, 0.25) is 0 Å². The first-order chi connectivity index (χ1) is 8.72. The largest absolute Gasteiger partial charge is 0.489 e. The Morgan fingerprint density at radius 2 is 2.11 bits per heavy atom. The summed E-state index contributed by atoms with van der Waals surface area (Å²) in [5, 5.41) is 8.81. The van der Waals surface area contributed by atoms with Crippen molar-refractivity contribution in [1.82, 2.24) is 0 Å². The van der Waals surface area contributed by atoms with E-state index in [0.717, 1.165) is 35.9 Å². The van der Waals surface area contributed by atoms with Crippen molar-refractivity contribution in [2.75, 3.05) is 7.11 Å².